The fourth-order valence-electron chi connectivity index (χ4n) is 1.58. The van der Waals surface area contributed by atoms with Crippen molar-refractivity contribution in [2.45, 2.75) is 19.6 Å². The van der Waals surface area contributed by atoms with E-state index >= 15 is 0 Å². The number of rotatable bonds is 4. The fraction of sp³-hybridized carbons (Fsp3) is 0.500. The molecule has 0 amide bonds. The highest BCUT2D eigenvalue weighted by molar-refractivity contribution is 9.10. The van der Waals surface area contributed by atoms with Crippen molar-refractivity contribution in [3.05, 3.63) is 28.2 Å². The zero-order valence-corrected chi connectivity index (χ0v) is 10.8. The van der Waals surface area contributed by atoms with Crippen molar-refractivity contribution in [2.75, 3.05) is 19.8 Å². The summed E-state index contributed by atoms with van der Waals surface area (Å²) in [4.78, 5) is 0. The molecule has 4 heteroatoms. The Morgan fingerprint density at radius 3 is 2.81 bits per heavy atom. The minimum absolute atomic E-state index is 0.288. The quantitative estimate of drug-likeness (QED) is 0.850. The molecule has 0 aromatic heterocycles. The van der Waals surface area contributed by atoms with E-state index in [4.69, 9.17) is 14.2 Å². The summed E-state index contributed by atoms with van der Waals surface area (Å²) in [6.07, 6.45) is 0.700. The molecule has 1 aromatic carbocycles. The van der Waals surface area contributed by atoms with Crippen molar-refractivity contribution < 1.29 is 14.2 Å². The lowest BCUT2D eigenvalue weighted by Crippen LogP contribution is -2.04. The average molecular weight is 287 g/mol. The number of benzene rings is 1. The van der Waals surface area contributed by atoms with E-state index in [1.807, 2.05) is 18.2 Å². The monoisotopic (exact) mass is 286 g/mol. The molecule has 88 valence electrons. The van der Waals surface area contributed by atoms with Crippen LogP contribution in [0.3, 0.4) is 0 Å². The minimum atomic E-state index is -0.288. The van der Waals surface area contributed by atoms with Crippen LogP contribution in [0.4, 0.5) is 0 Å². The number of hydrogen-bond acceptors (Lipinski definition) is 3. The molecule has 0 atom stereocenters. The van der Waals surface area contributed by atoms with Crippen LogP contribution in [-0.4, -0.2) is 19.8 Å². The fourth-order valence-corrected chi connectivity index (χ4v) is 1.96. The van der Waals surface area contributed by atoms with Gasteiger partial charge in [-0.1, -0.05) is 22.9 Å². The van der Waals surface area contributed by atoms with Gasteiger partial charge in [-0.15, -0.1) is 0 Å². The first kappa shape index (κ1) is 11.9. The maximum Gasteiger partial charge on any atom is 0.187 e. The highest BCUT2D eigenvalue weighted by Gasteiger charge is 2.22. The summed E-state index contributed by atoms with van der Waals surface area (Å²) in [6.45, 7) is 4.08. The summed E-state index contributed by atoms with van der Waals surface area (Å²) < 4.78 is 17.7. The van der Waals surface area contributed by atoms with Gasteiger partial charge in [-0.05, 0) is 24.6 Å². The van der Waals surface area contributed by atoms with E-state index in [0.29, 0.717) is 19.8 Å². The summed E-state index contributed by atoms with van der Waals surface area (Å²) in [5, 5.41) is 0. The van der Waals surface area contributed by atoms with Crippen molar-refractivity contribution >= 4 is 15.9 Å². The van der Waals surface area contributed by atoms with E-state index in [-0.39, 0.29) is 6.29 Å². The second kappa shape index (κ2) is 5.66. The van der Waals surface area contributed by atoms with Crippen molar-refractivity contribution in [3.63, 3.8) is 0 Å². The molecule has 0 bridgehead atoms. The number of ether oxygens (including phenoxy) is 3. The SMILES string of the molecule is CCCOc1ccc(Br)cc1C1OCCO1. The van der Waals surface area contributed by atoms with Crippen LogP contribution >= 0.6 is 15.9 Å². The summed E-state index contributed by atoms with van der Waals surface area (Å²) in [5.41, 5.74) is 0.959. The maximum atomic E-state index is 5.67. The molecule has 0 aliphatic carbocycles. The van der Waals surface area contributed by atoms with Crippen molar-refractivity contribution in [3.8, 4) is 5.75 Å². The van der Waals surface area contributed by atoms with Gasteiger partial charge in [0.1, 0.15) is 5.75 Å². The van der Waals surface area contributed by atoms with Crippen LogP contribution in [0.15, 0.2) is 22.7 Å². The van der Waals surface area contributed by atoms with Gasteiger partial charge in [-0.3, -0.25) is 0 Å². The van der Waals surface area contributed by atoms with Gasteiger partial charge in [0.25, 0.3) is 0 Å². The summed E-state index contributed by atoms with van der Waals surface area (Å²) in [7, 11) is 0. The molecule has 16 heavy (non-hydrogen) atoms. The largest absolute Gasteiger partial charge is 0.493 e. The van der Waals surface area contributed by atoms with Gasteiger partial charge >= 0.3 is 0 Å². The van der Waals surface area contributed by atoms with E-state index in [1.165, 1.54) is 0 Å². The van der Waals surface area contributed by atoms with Gasteiger partial charge in [-0.2, -0.15) is 0 Å². The Balaban J connectivity index is 2.21. The zero-order chi connectivity index (χ0) is 11.4. The van der Waals surface area contributed by atoms with Gasteiger partial charge in [0.15, 0.2) is 6.29 Å². The van der Waals surface area contributed by atoms with Gasteiger partial charge in [-0.25, -0.2) is 0 Å². The highest BCUT2D eigenvalue weighted by atomic mass is 79.9. The molecule has 0 spiro atoms. The standard InChI is InChI=1S/C12H15BrO3/c1-2-5-14-11-4-3-9(13)8-10(11)12-15-6-7-16-12/h3-4,8,12H,2,5-7H2,1H3. The Morgan fingerprint density at radius 1 is 1.38 bits per heavy atom. The molecular weight excluding hydrogens is 272 g/mol. The lowest BCUT2D eigenvalue weighted by atomic mass is 10.2. The first-order chi connectivity index (χ1) is 7.81. The molecule has 0 N–H and O–H groups in total. The number of halogens is 1. The first-order valence-electron chi connectivity index (χ1n) is 5.46. The maximum absolute atomic E-state index is 5.67. The highest BCUT2D eigenvalue weighted by Crippen LogP contribution is 2.33. The number of hydrogen-bond donors (Lipinski definition) is 0. The van der Waals surface area contributed by atoms with Crippen LogP contribution < -0.4 is 4.74 Å². The second-order valence-corrected chi connectivity index (χ2v) is 4.52. The van der Waals surface area contributed by atoms with Gasteiger partial charge < -0.3 is 14.2 Å². The van der Waals surface area contributed by atoms with Crippen molar-refractivity contribution in [1.29, 1.82) is 0 Å². The van der Waals surface area contributed by atoms with E-state index < -0.39 is 0 Å². The van der Waals surface area contributed by atoms with Crippen molar-refractivity contribution in [2.24, 2.45) is 0 Å². The van der Waals surface area contributed by atoms with Crippen LogP contribution in [0.5, 0.6) is 5.75 Å². The van der Waals surface area contributed by atoms with E-state index in [2.05, 4.69) is 22.9 Å². The van der Waals surface area contributed by atoms with Crippen LogP contribution in [0.2, 0.25) is 0 Å². The lowest BCUT2D eigenvalue weighted by molar-refractivity contribution is -0.0458. The molecule has 1 heterocycles. The Kier molecular flexibility index (Phi) is 4.21. The minimum Gasteiger partial charge on any atom is -0.493 e. The van der Waals surface area contributed by atoms with Crippen LogP contribution in [0.25, 0.3) is 0 Å². The molecule has 0 saturated carbocycles. The van der Waals surface area contributed by atoms with Crippen LogP contribution in [0, 0.1) is 0 Å². The van der Waals surface area contributed by atoms with E-state index in [1.54, 1.807) is 0 Å². The molecular formula is C12H15BrO3. The van der Waals surface area contributed by atoms with Gasteiger partial charge in [0.2, 0.25) is 0 Å². The van der Waals surface area contributed by atoms with E-state index in [9.17, 15) is 0 Å². The molecule has 1 fully saturated rings. The average Bonchev–Trinajstić information content (AvgIpc) is 2.80. The predicted molar refractivity (Wildman–Crippen MR) is 64.6 cm³/mol. The molecule has 1 aliphatic rings. The Morgan fingerprint density at radius 2 is 2.12 bits per heavy atom. The molecule has 1 aromatic rings. The molecule has 1 aliphatic heterocycles. The third-order valence-corrected chi connectivity index (χ3v) is 2.80. The normalized spacial score (nSPS) is 16.6. The third kappa shape index (κ3) is 2.75. The second-order valence-electron chi connectivity index (χ2n) is 3.60. The molecule has 0 unspecified atom stereocenters. The molecule has 2 rings (SSSR count). The molecule has 3 nitrogen and oxygen atoms in total. The lowest BCUT2D eigenvalue weighted by Gasteiger charge is -2.15. The van der Waals surface area contributed by atoms with E-state index in [0.717, 1.165) is 22.2 Å². The predicted octanol–water partition coefficient (Wildman–Crippen LogP) is 3.28. The smallest absolute Gasteiger partial charge is 0.187 e. The molecule has 0 radical (unpaired) electrons. The molecule has 1 saturated heterocycles. The Labute approximate surface area is 104 Å². The van der Waals surface area contributed by atoms with Crippen LogP contribution in [-0.2, 0) is 9.47 Å². The Hall–Kier alpha value is -0.580. The van der Waals surface area contributed by atoms with Crippen LogP contribution in [0.1, 0.15) is 25.2 Å². The van der Waals surface area contributed by atoms with Gasteiger partial charge in [0, 0.05) is 4.47 Å². The topological polar surface area (TPSA) is 27.7 Å². The summed E-state index contributed by atoms with van der Waals surface area (Å²) in [6, 6.07) is 5.89. The third-order valence-electron chi connectivity index (χ3n) is 2.31. The first-order valence-corrected chi connectivity index (χ1v) is 6.26. The zero-order valence-electron chi connectivity index (χ0n) is 9.24. The summed E-state index contributed by atoms with van der Waals surface area (Å²) >= 11 is 3.44. The summed E-state index contributed by atoms with van der Waals surface area (Å²) in [5.74, 6) is 0.844. The van der Waals surface area contributed by atoms with Crippen molar-refractivity contribution in [1.82, 2.24) is 0 Å². The van der Waals surface area contributed by atoms with Gasteiger partial charge in [0.05, 0.1) is 25.4 Å². The Bertz CT molecular complexity index is 348.